The molecule has 56 heavy (non-hydrogen) atoms. The van der Waals surface area contributed by atoms with Crippen molar-refractivity contribution in [2.75, 3.05) is 0 Å². The summed E-state index contributed by atoms with van der Waals surface area (Å²) >= 11 is 0. The van der Waals surface area contributed by atoms with Crippen molar-refractivity contribution in [1.29, 1.82) is 0 Å². The van der Waals surface area contributed by atoms with E-state index in [9.17, 15) is 0 Å². The Morgan fingerprint density at radius 1 is 0.232 bits per heavy atom. The Kier molecular flexibility index (Phi) is 15.8. The summed E-state index contributed by atoms with van der Waals surface area (Å²) in [7, 11) is 0. The van der Waals surface area contributed by atoms with Crippen LogP contribution < -0.4 is 0 Å². The highest BCUT2D eigenvalue weighted by Crippen LogP contribution is 2.39. The Hall–Kier alpha value is -6.24. The van der Waals surface area contributed by atoms with Crippen LogP contribution in [0.5, 0.6) is 0 Å². The van der Waals surface area contributed by atoms with Gasteiger partial charge in [-0.3, -0.25) is 0 Å². The van der Waals surface area contributed by atoms with E-state index in [4.69, 9.17) is 0 Å². The molecule has 0 spiro atoms. The molecule has 0 unspecified atom stereocenters. The second-order valence-electron chi connectivity index (χ2n) is 14.1. The van der Waals surface area contributed by atoms with Crippen molar-refractivity contribution in [3.8, 4) is 66.8 Å². The van der Waals surface area contributed by atoms with Crippen molar-refractivity contribution >= 4 is 0 Å². The summed E-state index contributed by atoms with van der Waals surface area (Å²) in [5.41, 5.74) is 17.7. The Morgan fingerprint density at radius 3 is 1.02 bits per heavy atom. The molecule has 0 aliphatic heterocycles. The van der Waals surface area contributed by atoms with Gasteiger partial charge in [0.2, 0.25) is 0 Å². The molecule has 8 aromatic carbocycles. The molecule has 0 nitrogen and oxygen atoms in total. The van der Waals surface area contributed by atoms with Gasteiger partial charge >= 0.3 is 0 Å². The van der Waals surface area contributed by atoms with Crippen LogP contribution >= 0.6 is 0 Å². The highest BCUT2D eigenvalue weighted by atomic mass is 14.2. The third-order valence-corrected chi connectivity index (χ3v) is 9.10. The van der Waals surface area contributed by atoms with Gasteiger partial charge in [-0.1, -0.05) is 252 Å². The van der Waals surface area contributed by atoms with Gasteiger partial charge in [-0.25, -0.2) is 0 Å². The summed E-state index contributed by atoms with van der Waals surface area (Å²) in [5, 5.41) is 0. The standard InChI is InChI=1S/2C25H20.2C3H8/c1-19-16-17-24(25(18-19)21-12-6-3-7-13-21)23-15-9-8-14-22(23)20-10-4-2-5-11-20;1-19-15-16-24(25(17-19)21-11-6-3-7-12-21)23-14-8-13-22(18-23)20-9-4-2-5-10-20;2*1-3-2/h2*2-18H,1H3;2*3H2,1-2H3. The van der Waals surface area contributed by atoms with Gasteiger partial charge in [-0.15, -0.1) is 0 Å². The average Bonchev–Trinajstić information content (AvgIpc) is 3.26. The first-order valence-electron chi connectivity index (χ1n) is 20.1. The Balaban J connectivity index is 0.000000188. The minimum absolute atomic E-state index is 1.25. The summed E-state index contributed by atoms with van der Waals surface area (Å²) in [6.45, 7) is 12.8. The van der Waals surface area contributed by atoms with E-state index >= 15 is 0 Å². The molecule has 0 amide bonds. The maximum atomic E-state index is 2.28. The van der Waals surface area contributed by atoms with E-state index in [0.29, 0.717) is 0 Å². The predicted molar refractivity (Wildman–Crippen MR) is 247 cm³/mol. The van der Waals surface area contributed by atoms with Gasteiger partial charge in [0.25, 0.3) is 0 Å². The topological polar surface area (TPSA) is 0 Å². The minimum Gasteiger partial charge on any atom is -0.0656 e. The monoisotopic (exact) mass is 728 g/mol. The molecule has 0 saturated carbocycles. The molecule has 0 atom stereocenters. The average molecular weight is 729 g/mol. The van der Waals surface area contributed by atoms with E-state index in [1.54, 1.807) is 0 Å². The first-order chi connectivity index (χ1) is 27.5. The number of hydrogen-bond acceptors (Lipinski definition) is 0. The lowest BCUT2D eigenvalue weighted by atomic mass is 9.88. The normalized spacial score (nSPS) is 10.1. The van der Waals surface area contributed by atoms with Crippen LogP contribution in [0.1, 0.15) is 51.7 Å². The first-order valence-corrected chi connectivity index (χ1v) is 20.1. The van der Waals surface area contributed by atoms with Crippen molar-refractivity contribution in [1.82, 2.24) is 0 Å². The van der Waals surface area contributed by atoms with E-state index in [0.717, 1.165) is 0 Å². The molecule has 0 aromatic heterocycles. The van der Waals surface area contributed by atoms with Crippen molar-refractivity contribution < 1.29 is 0 Å². The molecule has 0 fully saturated rings. The molecule has 0 bridgehead atoms. The highest BCUT2D eigenvalue weighted by Gasteiger charge is 2.13. The van der Waals surface area contributed by atoms with Crippen LogP contribution in [0.2, 0.25) is 0 Å². The molecule has 0 heterocycles. The summed E-state index contributed by atoms with van der Waals surface area (Å²) in [4.78, 5) is 0. The molecule has 8 rings (SSSR count). The summed E-state index contributed by atoms with van der Waals surface area (Å²) in [6.07, 6.45) is 2.50. The van der Waals surface area contributed by atoms with Gasteiger partial charge in [-0.2, -0.15) is 0 Å². The number of hydrogen-bond donors (Lipinski definition) is 0. The van der Waals surface area contributed by atoms with E-state index in [2.05, 4.69) is 248 Å². The van der Waals surface area contributed by atoms with Gasteiger partial charge < -0.3 is 0 Å². The zero-order valence-electron chi connectivity index (χ0n) is 34.0. The predicted octanol–water partition coefficient (Wildman–Crippen LogP) is 16.8. The summed E-state index contributed by atoms with van der Waals surface area (Å²) < 4.78 is 0. The zero-order valence-corrected chi connectivity index (χ0v) is 34.0. The second kappa shape index (κ2) is 21.6. The van der Waals surface area contributed by atoms with E-state index in [-0.39, 0.29) is 0 Å². The molecule has 0 radical (unpaired) electrons. The number of rotatable bonds is 6. The van der Waals surface area contributed by atoms with E-state index < -0.39 is 0 Å². The van der Waals surface area contributed by atoms with Gasteiger partial charge in [0.15, 0.2) is 0 Å². The van der Waals surface area contributed by atoms with Gasteiger partial charge in [-0.05, 0) is 86.7 Å². The number of aryl methyl sites for hydroxylation is 2. The van der Waals surface area contributed by atoms with Crippen LogP contribution in [0, 0.1) is 13.8 Å². The van der Waals surface area contributed by atoms with Crippen molar-refractivity contribution in [3.63, 3.8) is 0 Å². The fraction of sp³-hybridized carbons (Fsp3) is 0.143. The van der Waals surface area contributed by atoms with Crippen LogP contribution in [0.25, 0.3) is 66.8 Å². The Bertz CT molecular complexity index is 2330. The van der Waals surface area contributed by atoms with Crippen LogP contribution in [-0.2, 0) is 0 Å². The maximum absolute atomic E-state index is 2.28. The van der Waals surface area contributed by atoms with Crippen molar-refractivity contribution in [2.45, 2.75) is 54.4 Å². The lowest BCUT2D eigenvalue weighted by Crippen LogP contribution is -1.90. The van der Waals surface area contributed by atoms with Crippen LogP contribution in [0.4, 0.5) is 0 Å². The van der Waals surface area contributed by atoms with Crippen molar-refractivity contribution in [3.05, 3.63) is 217 Å². The molecule has 280 valence electrons. The fourth-order valence-corrected chi connectivity index (χ4v) is 6.60. The molecule has 0 aliphatic carbocycles. The smallest absolute Gasteiger partial charge is 0.00990 e. The SMILES string of the molecule is CCC.CCC.Cc1ccc(-c2cccc(-c3ccccc3)c2)c(-c2ccccc2)c1.Cc1ccc(-c2ccccc2-c2ccccc2)c(-c2ccccc2)c1. The molecule has 0 saturated heterocycles. The van der Waals surface area contributed by atoms with Gasteiger partial charge in [0, 0.05) is 0 Å². The molecule has 8 aromatic rings. The van der Waals surface area contributed by atoms with Crippen LogP contribution in [0.15, 0.2) is 206 Å². The van der Waals surface area contributed by atoms with Crippen LogP contribution in [-0.4, -0.2) is 0 Å². The molecule has 0 aliphatic rings. The quantitative estimate of drug-likeness (QED) is 0.160. The first kappa shape index (κ1) is 40.9. The Labute approximate surface area is 337 Å². The molecule has 0 heteroatoms. The molecular weight excluding hydrogens is 673 g/mol. The van der Waals surface area contributed by atoms with Gasteiger partial charge in [0.1, 0.15) is 0 Å². The molecular formula is C56H56. The second-order valence-corrected chi connectivity index (χ2v) is 14.1. The minimum atomic E-state index is 1.25. The Morgan fingerprint density at radius 2 is 0.536 bits per heavy atom. The van der Waals surface area contributed by atoms with Gasteiger partial charge in [0.05, 0.1) is 0 Å². The largest absolute Gasteiger partial charge is 0.0656 e. The summed E-state index contributed by atoms with van der Waals surface area (Å²) in [6, 6.07) is 73.3. The third kappa shape index (κ3) is 11.2. The van der Waals surface area contributed by atoms with Crippen molar-refractivity contribution in [2.24, 2.45) is 0 Å². The lowest BCUT2D eigenvalue weighted by molar-refractivity contribution is 1.09. The molecule has 0 N–H and O–H groups in total. The third-order valence-electron chi connectivity index (χ3n) is 9.10. The highest BCUT2D eigenvalue weighted by molar-refractivity contribution is 5.92. The number of benzene rings is 8. The van der Waals surface area contributed by atoms with E-state index in [1.807, 2.05) is 0 Å². The van der Waals surface area contributed by atoms with E-state index in [1.165, 1.54) is 90.7 Å². The zero-order chi connectivity index (χ0) is 39.5. The maximum Gasteiger partial charge on any atom is -0.00990 e. The summed E-state index contributed by atoms with van der Waals surface area (Å²) in [5.74, 6) is 0. The van der Waals surface area contributed by atoms with Crippen LogP contribution in [0.3, 0.4) is 0 Å². The fourth-order valence-electron chi connectivity index (χ4n) is 6.60. The lowest BCUT2D eigenvalue weighted by Gasteiger charge is -2.15.